The highest BCUT2D eigenvalue weighted by atomic mass is 32.2. The minimum absolute atomic E-state index is 0.0238. The molecule has 2 heterocycles. The minimum Gasteiger partial charge on any atom is -0.392 e. The van der Waals surface area contributed by atoms with Gasteiger partial charge in [0.25, 0.3) is 5.56 Å². The third-order valence-corrected chi connectivity index (χ3v) is 6.66. The number of hydrogen-bond acceptors (Lipinski definition) is 6. The molecule has 3 rings (SSSR count). The van der Waals surface area contributed by atoms with Crippen LogP contribution in [0, 0.1) is 6.92 Å². The van der Waals surface area contributed by atoms with Crippen LogP contribution in [0.5, 0.6) is 0 Å². The summed E-state index contributed by atoms with van der Waals surface area (Å²) in [6.07, 6.45) is 0.663. The molecule has 2 atom stereocenters. The maximum Gasteiger partial charge on any atom is 0.330 e. The Hall–Kier alpha value is -2.23. The quantitative estimate of drug-likeness (QED) is 0.804. The number of aromatic nitrogens is 2. The number of aryl methyl sites for hydroxylation is 1. The maximum atomic E-state index is 12.9. The van der Waals surface area contributed by atoms with Crippen LogP contribution in [-0.2, 0) is 14.6 Å². The van der Waals surface area contributed by atoms with E-state index in [9.17, 15) is 23.1 Å². The van der Waals surface area contributed by atoms with Crippen LogP contribution < -0.4 is 11.2 Å². The second-order valence-electron chi connectivity index (χ2n) is 5.98. The van der Waals surface area contributed by atoms with Crippen molar-refractivity contribution in [2.75, 3.05) is 6.61 Å². The van der Waals surface area contributed by atoms with Gasteiger partial charge in [0.05, 0.1) is 11.5 Å². The molecule has 25 heavy (non-hydrogen) atoms. The summed E-state index contributed by atoms with van der Waals surface area (Å²) in [4.78, 5) is 23.9. The lowest BCUT2D eigenvalue weighted by Gasteiger charge is -2.27. The van der Waals surface area contributed by atoms with Crippen LogP contribution in [0.4, 0.5) is 0 Å². The first-order valence-electron chi connectivity index (χ1n) is 7.71. The lowest BCUT2D eigenvalue weighted by molar-refractivity contribution is -0.0507. The summed E-state index contributed by atoms with van der Waals surface area (Å²) in [6.45, 7) is 0.793. The number of nitrogens with one attached hydrogen (secondary N) is 1. The van der Waals surface area contributed by atoms with Crippen LogP contribution in [0.3, 0.4) is 0 Å². The molecule has 8 nitrogen and oxygen atoms in total. The number of nitrogens with zero attached hydrogens (tertiary/aromatic N) is 1. The number of H-pyrrole nitrogens is 1. The number of ether oxygens (including phenoxy) is 1. The second kappa shape index (κ2) is 6.25. The first-order chi connectivity index (χ1) is 11.8. The predicted octanol–water partition coefficient (Wildman–Crippen LogP) is 0.317. The molecule has 134 valence electrons. The Kier molecular flexibility index (Phi) is 4.40. The number of aromatic amines is 1. The fourth-order valence-corrected chi connectivity index (χ4v) is 4.66. The van der Waals surface area contributed by atoms with E-state index in [2.05, 4.69) is 4.98 Å². The topological polar surface area (TPSA) is 118 Å². The average Bonchev–Trinajstić information content (AvgIpc) is 3.05. The monoisotopic (exact) mass is 366 g/mol. The largest absolute Gasteiger partial charge is 0.392 e. The van der Waals surface area contributed by atoms with Gasteiger partial charge in [-0.1, -0.05) is 18.2 Å². The third kappa shape index (κ3) is 2.84. The number of aliphatic hydroxyl groups excluding tert-OH is 1. The molecule has 2 aromatic rings. The summed E-state index contributed by atoms with van der Waals surface area (Å²) >= 11 is 0. The van der Waals surface area contributed by atoms with Crippen LogP contribution in [0.2, 0.25) is 0 Å². The van der Waals surface area contributed by atoms with Crippen molar-refractivity contribution in [3.05, 3.63) is 62.9 Å². The number of benzene rings is 1. The molecule has 9 heteroatoms. The Morgan fingerprint density at radius 1 is 1.32 bits per heavy atom. The summed E-state index contributed by atoms with van der Waals surface area (Å²) < 4.78 is 32.7. The normalized spacial score (nSPS) is 23.7. The van der Waals surface area contributed by atoms with E-state index in [1.165, 1.54) is 25.3 Å². The molecule has 1 saturated heterocycles. The minimum atomic E-state index is -3.98. The van der Waals surface area contributed by atoms with Crippen molar-refractivity contribution < 1.29 is 18.3 Å². The molecular weight excluding hydrogens is 348 g/mol. The van der Waals surface area contributed by atoms with E-state index in [4.69, 9.17) is 4.74 Å². The summed E-state index contributed by atoms with van der Waals surface area (Å²) in [5.74, 6) is 0. The molecule has 1 aliphatic heterocycles. The van der Waals surface area contributed by atoms with Crippen LogP contribution in [0.1, 0.15) is 24.6 Å². The first-order valence-corrected chi connectivity index (χ1v) is 9.19. The standard InChI is InChI=1S/C16H18N2O6S/c1-11-9-18(15(21)17-14(11)20)13-7-8-16(10-19,24-13)25(22,23)12-5-3-2-4-6-12/h2-6,9,13,19H,7-8,10H2,1H3,(H,17,20,21)/t13-,16-/m1/s1. The lowest BCUT2D eigenvalue weighted by atomic mass is 10.2. The molecule has 1 aromatic carbocycles. The van der Waals surface area contributed by atoms with Crippen molar-refractivity contribution in [3.8, 4) is 0 Å². The van der Waals surface area contributed by atoms with Crippen LogP contribution >= 0.6 is 0 Å². The van der Waals surface area contributed by atoms with Crippen molar-refractivity contribution in [1.82, 2.24) is 9.55 Å². The summed E-state index contributed by atoms with van der Waals surface area (Å²) in [6, 6.07) is 7.71. The van der Waals surface area contributed by atoms with Gasteiger partial charge >= 0.3 is 5.69 Å². The highest BCUT2D eigenvalue weighted by molar-refractivity contribution is 7.92. The molecule has 0 amide bonds. The fourth-order valence-electron chi connectivity index (χ4n) is 2.92. The van der Waals surface area contributed by atoms with Crippen molar-refractivity contribution in [2.24, 2.45) is 0 Å². The Labute approximate surface area is 143 Å². The second-order valence-corrected chi connectivity index (χ2v) is 8.20. The van der Waals surface area contributed by atoms with Gasteiger partial charge in [0, 0.05) is 11.8 Å². The molecule has 0 bridgehead atoms. The smallest absolute Gasteiger partial charge is 0.330 e. The Morgan fingerprint density at radius 2 is 2.00 bits per heavy atom. The van der Waals surface area contributed by atoms with E-state index in [0.29, 0.717) is 5.56 Å². The molecule has 0 radical (unpaired) electrons. The molecule has 1 fully saturated rings. The molecule has 0 unspecified atom stereocenters. The molecule has 0 spiro atoms. The fraction of sp³-hybridized carbons (Fsp3) is 0.375. The maximum absolute atomic E-state index is 12.9. The van der Waals surface area contributed by atoms with E-state index < -0.39 is 38.9 Å². The zero-order chi connectivity index (χ0) is 18.2. The summed E-state index contributed by atoms with van der Waals surface area (Å²) in [5.41, 5.74) is -0.897. The van der Waals surface area contributed by atoms with Crippen molar-refractivity contribution in [1.29, 1.82) is 0 Å². The average molecular weight is 366 g/mol. The van der Waals surface area contributed by atoms with Gasteiger partial charge < -0.3 is 9.84 Å². The van der Waals surface area contributed by atoms with Crippen LogP contribution in [0.15, 0.2) is 51.0 Å². The number of sulfone groups is 1. The van der Waals surface area contributed by atoms with Crippen LogP contribution in [0.25, 0.3) is 0 Å². The highest BCUT2D eigenvalue weighted by Gasteiger charge is 2.52. The van der Waals surface area contributed by atoms with E-state index in [1.54, 1.807) is 18.2 Å². The van der Waals surface area contributed by atoms with E-state index in [-0.39, 0.29) is 17.7 Å². The van der Waals surface area contributed by atoms with Gasteiger partial charge in [-0.3, -0.25) is 14.3 Å². The Bertz CT molecular complexity index is 995. The molecule has 2 N–H and O–H groups in total. The predicted molar refractivity (Wildman–Crippen MR) is 88.9 cm³/mol. The van der Waals surface area contributed by atoms with E-state index >= 15 is 0 Å². The van der Waals surface area contributed by atoms with Crippen molar-refractivity contribution in [2.45, 2.75) is 35.8 Å². The van der Waals surface area contributed by atoms with Gasteiger partial charge in [-0.05, 0) is 31.9 Å². The zero-order valence-electron chi connectivity index (χ0n) is 13.5. The zero-order valence-corrected chi connectivity index (χ0v) is 14.3. The van der Waals surface area contributed by atoms with Gasteiger partial charge in [-0.2, -0.15) is 0 Å². The summed E-state index contributed by atoms with van der Waals surface area (Å²) in [5, 5.41) is 9.80. The molecular formula is C16H18N2O6S. The molecule has 0 saturated carbocycles. The summed E-state index contributed by atoms with van der Waals surface area (Å²) in [7, 11) is -3.98. The van der Waals surface area contributed by atoms with Gasteiger partial charge in [0.2, 0.25) is 9.84 Å². The molecule has 1 aliphatic rings. The van der Waals surface area contributed by atoms with Crippen LogP contribution in [-0.4, -0.2) is 34.6 Å². The van der Waals surface area contributed by atoms with Gasteiger partial charge in [0.1, 0.15) is 6.23 Å². The van der Waals surface area contributed by atoms with Gasteiger partial charge in [-0.25, -0.2) is 13.2 Å². The van der Waals surface area contributed by atoms with E-state index in [1.807, 2.05) is 0 Å². The Balaban J connectivity index is 2.01. The number of aliphatic hydroxyl groups is 1. The number of rotatable bonds is 4. The molecule has 1 aromatic heterocycles. The van der Waals surface area contributed by atoms with Gasteiger partial charge in [-0.15, -0.1) is 0 Å². The Morgan fingerprint density at radius 3 is 2.64 bits per heavy atom. The molecule has 0 aliphatic carbocycles. The van der Waals surface area contributed by atoms with Gasteiger partial charge in [0.15, 0.2) is 4.93 Å². The number of hydrogen-bond donors (Lipinski definition) is 2. The highest BCUT2D eigenvalue weighted by Crippen LogP contribution is 2.42. The first kappa shape index (κ1) is 17.6. The van der Waals surface area contributed by atoms with E-state index in [0.717, 1.165) is 4.57 Å². The third-order valence-electron chi connectivity index (χ3n) is 4.36. The van der Waals surface area contributed by atoms with Crippen molar-refractivity contribution >= 4 is 9.84 Å². The lowest BCUT2D eigenvalue weighted by Crippen LogP contribution is -2.43. The van der Waals surface area contributed by atoms with Crippen molar-refractivity contribution in [3.63, 3.8) is 0 Å². The SMILES string of the molecule is Cc1cn([C@H]2CC[C@](CO)(S(=O)(=O)c3ccccc3)O2)c(=O)[nH]c1=O.